The highest BCUT2D eigenvalue weighted by Crippen LogP contribution is 2.28. The van der Waals surface area contributed by atoms with Crippen molar-refractivity contribution >= 4 is 37.3 Å². The molecule has 8 heteroatoms. The fourth-order valence-corrected chi connectivity index (χ4v) is 6.34. The van der Waals surface area contributed by atoms with Crippen LogP contribution in [-0.2, 0) is 10.0 Å². The number of thiophene rings is 1. The molecule has 1 aromatic heterocycles. The number of ether oxygens (including phenoxy) is 1. The van der Waals surface area contributed by atoms with Gasteiger partial charge in [-0.15, -0.1) is 11.3 Å². The third-order valence-corrected chi connectivity index (χ3v) is 8.13. The minimum Gasteiger partial charge on any atom is -0.492 e. The summed E-state index contributed by atoms with van der Waals surface area (Å²) in [7, 11) is -3.37. The van der Waals surface area contributed by atoms with Crippen molar-refractivity contribution in [2.45, 2.75) is 11.1 Å². The van der Waals surface area contributed by atoms with Gasteiger partial charge in [0.05, 0.1) is 3.79 Å². The smallest absolute Gasteiger partial charge is 0.252 e. The first-order valence-electron chi connectivity index (χ1n) is 8.12. The normalized spacial score (nSPS) is 16.9. The van der Waals surface area contributed by atoms with Gasteiger partial charge in [0.2, 0.25) is 0 Å². The van der Waals surface area contributed by atoms with E-state index in [2.05, 4.69) is 20.8 Å². The molecule has 1 fully saturated rings. The zero-order valence-corrected chi connectivity index (χ0v) is 17.2. The van der Waals surface area contributed by atoms with E-state index in [0.29, 0.717) is 23.9 Å². The van der Waals surface area contributed by atoms with Gasteiger partial charge in [-0.05, 0) is 52.7 Å². The molecule has 5 nitrogen and oxygen atoms in total. The van der Waals surface area contributed by atoms with Gasteiger partial charge in [0.25, 0.3) is 10.0 Å². The van der Waals surface area contributed by atoms with E-state index in [1.54, 1.807) is 16.4 Å². The van der Waals surface area contributed by atoms with Crippen LogP contribution in [-0.4, -0.2) is 57.0 Å². The van der Waals surface area contributed by atoms with E-state index in [0.717, 1.165) is 29.2 Å². The van der Waals surface area contributed by atoms with Crippen molar-refractivity contribution in [2.24, 2.45) is 0 Å². The van der Waals surface area contributed by atoms with Crippen LogP contribution >= 0.6 is 27.3 Å². The zero-order valence-electron chi connectivity index (χ0n) is 14.0. The quantitative estimate of drug-likeness (QED) is 0.686. The molecule has 2 aromatic rings. The van der Waals surface area contributed by atoms with Crippen molar-refractivity contribution in [1.82, 2.24) is 9.21 Å². The first-order valence-corrected chi connectivity index (χ1v) is 11.2. The highest BCUT2D eigenvalue weighted by Gasteiger charge is 2.29. The Bertz CT molecular complexity index is 815. The van der Waals surface area contributed by atoms with Crippen LogP contribution in [0.25, 0.3) is 0 Å². The molecule has 1 aromatic carbocycles. The summed E-state index contributed by atoms with van der Waals surface area (Å²) < 4.78 is 33.8. The van der Waals surface area contributed by atoms with Gasteiger partial charge in [-0.3, -0.25) is 4.90 Å². The number of nitrogens with zero attached hydrogens (tertiary/aromatic N) is 2. The highest BCUT2D eigenvalue weighted by atomic mass is 79.9. The Hall–Kier alpha value is -0.930. The summed E-state index contributed by atoms with van der Waals surface area (Å²) in [6.45, 7) is 5.93. The van der Waals surface area contributed by atoms with Gasteiger partial charge in [-0.25, -0.2) is 8.42 Å². The van der Waals surface area contributed by atoms with E-state index < -0.39 is 10.0 Å². The van der Waals surface area contributed by atoms with E-state index in [4.69, 9.17) is 4.74 Å². The molecule has 0 radical (unpaired) electrons. The van der Waals surface area contributed by atoms with Crippen molar-refractivity contribution in [1.29, 1.82) is 0 Å². The molecule has 0 amide bonds. The van der Waals surface area contributed by atoms with Crippen LogP contribution < -0.4 is 4.74 Å². The molecule has 1 aliphatic rings. The third-order valence-electron chi connectivity index (χ3n) is 4.14. The molecule has 0 unspecified atom stereocenters. The first kappa shape index (κ1) is 18.8. The Morgan fingerprint density at radius 1 is 1.16 bits per heavy atom. The van der Waals surface area contributed by atoms with Crippen LogP contribution in [0.2, 0.25) is 0 Å². The Kier molecular flexibility index (Phi) is 6.17. The molecule has 1 aliphatic heterocycles. The Morgan fingerprint density at radius 3 is 2.56 bits per heavy atom. The summed E-state index contributed by atoms with van der Waals surface area (Å²) in [4.78, 5) is 2.24. The molecule has 0 spiro atoms. The van der Waals surface area contributed by atoms with Crippen LogP contribution in [0.3, 0.4) is 0 Å². The lowest BCUT2D eigenvalue weighted by Crippen LogP contribution is -2.49. The predicted octanol–water partition coefficient (Wildman–Crippen LogP) is 3.20. The van der Waals surface area contributed by atoms with E-state index in [1.165, 1.54) is 16.9 Å². The summed E-state index contributed by atoms with van der Waals surface area (Å²) in [6.07, 6.45) is 0. The van der Waals surface area contributed by atoms with Crippen molar-refractivity contribution in [3.8, 4) is 5.75 Å². The molecule has 2 heterocycles. The third kappa shape index (κ3) is 4.83. The SMILES string of the molecule is Cc1cccc(OCCN2CCN(S(=O)(=O)c3ccc(Br)s3)CC2)c1. The summed E-state index contributed by atoms with van der Waals surface area (Å²) in [6, 6.07) is 11.4. The molecule has 0 N–H and O–H groups in total. The Balaban J connectivity index is 1.47. The van der Waals surface area contributed by atoms with Crippen LogP contribution in [0.15, 0.2) is 44.4 Å². The van der Waals surface area contributed by atoms with Gasteiger partial charge in [0, 0.05) is 32.7 Å². The van der Waals surface area contributed by atoms with Crippen molar-refractivity contribution < 1.29 is 13.2 Å². The Morgan fingerprint density at radius 2 is 1.92 bits per heavy atom. The standard InChI is InChI=1S/C17H21BrN2O3S2/c1-14-3-2-4-15(13-14)23-12-11-19-7-9-20(10-8-19)25(21,22)17-6-5-16(18)24-17/h2-6,13H,7-12H2,1H3. The molecule has 1 saturated heterocycles. The maximum atomic E-state index is 12.6. The van der Waals surface area contributed by atoms with Gasteiger partial charge in [-0.2, -0.15) is 4.31 Å². The maximum absolute atomic E-state index is 12.6. The number of benzene rings is 1. The number of aryl methyl sites for hydroxylation is 1. The lowest BCUT2D eigenvalue weighted by molar-refractivity contribution is 0.159. The zero-order chi connectivity index (χ0) is 17.9. The maximum Gasteiger partial charge on any atom is 0.252 e. The number of piperazine rings is 1. The fourth-order valence-electron chi connectivity index (χ4n) is 2.75. The van der Waals surface area contributed by atoms with Gasteiger partial charge in [0.15, 0.2) is 0 Å². The van der Waals surface area contributed by atoms with Crippen LogP contribution in [0, 0.1) is 6.92 Å². The molecule has 25 heavy (non-hydrogen) atoms. The van der Waals surface area contributed by atoms with Crippen molar-refractivity contribution in [2.75, 3.05) is 39.3 Å². The number of sulfonamides is 1. The minimum absolute atomic E-state index is 0.399. The van der Waals surface area contributed by atoms with E-state index >= 15 is 0 Å². The largest absolute Gasteiger partial charge is 0.492 e. The van der Waals surface area contributed by atoms with Crippen LogP contribution in [0.5, 0.6) is 5.75 Å². The number of rotatable bonds is 6. The summed E-state index contributed by atoms with van der Waals surface area (Å²) in [5.41, 5.74) is 1.18. The molecular formula is C17H21BrN2O3S2. The van der Waals surface area contributed by atoms with Crippen molar-refractivity contribution in [3.63, 3.8) is 0 Å². The Labute approximate surface area is 161 Å². The highest BCUT2D eigenvalue weighted by molar-refractivity contribution is 9.11. The second-order valence-corrected chi connectivity index (χ2v) is 10.6. The molecule has 0 saturated carbocycles. The van der Waals surface area contributed by atoms with Gasteiger partial charge < -0.3 is 4.74 Å². The van der Waals surface area contributed by atoms with Crippen LogP contribution in [0.4, 0.5) is 0 Å². The average Bonchev–Trinajstić information content (AvgIpc) is 3.03. The van der Waals surface area contributed by atoms with Gasteiger partial charge in [-0.1, -0.05) is 12.1 Å². The predicted molar refractivity (Wildman–Crippen MR) is 104 cm³/mol. The summed E-state index contributed by atoms with van der Waals surface area (Å²) in [5, 5.41) is 0. The monoisotopic (exact) mass is 444 g/mol. The fraction of sp³-hybridized carbons (Fsp3) is 0.412. The van der Waals surface area contributed by atoms with E-state index in [9.17, 15) is 8.42 Å². The number of hydrogen-bond donors (Lipinski definition) is 0. The second-order valence-electron chi connectivity index (χ2n) is 5.97. The molecule has 136 valence electrons. The van der Waals surface area contributed by atoms with E-state index in [1.807, 2.05) is 31.2 Å². The van der Waals surface area contributed by atoms with Crippen LogP contribution in [0.1, 0.15) is 5.56 Å². The molecule has 0 bridgehead atoms. The summed E-state index contributed by atoms with van der Waals surface area (Å²) >= 11 is 4.58. The van der Waals surface area contributed by atoms with Gasteiger partial charge >= 0.3 is 0 Å². The lowest BCUT2D eigenvalue weighted by atomic mass is 10.2. The minimum atomic E-state index is -3.37. The topological polar surface area (TPSA) is 49.9 Å². The molecule has 0 aliphatic carbocycles. The first-order chi connectivity index (χ1) is 11.9. The lowest BCUT2D eigenvalue weighted by Gasteiger charge is -2.33. The average molecular weight is 445 g/mol. The molecule has 3 rings (SSSR count). The second kappa shape index (κ2) is 8.18. The van der Waals surface area contributed by atoms with E-state index in [-0.39, 0.29) is 0 Å². The number of hydrogen-bond acceptors (Lipinski definition) is 5. The molecular weight excluding hydrogens is 424 g/mol. The molecule has 0 atom stereocenters. The summed E-state index contributed by atoms with van der Waals surface area (Å²) in [5.74, 6) is 0.879. The van der Waals surface area contributed by atoms with Crippen molar-refractivity contribution in [3.05, 3.63) is 45.7 Å². The number of halogens is 1. The van der Waals surface area contributed by atoms with Gasteiger partial charge in [0.1, 0.15) is 16.6 Å².